The first-order valence-corrected chi connectivity index (χ1v) is 18.3. The summed E-state index contributed by atoms with van der Waals surface area (Å²) in [5, 5.41) is 39.6. The summed E-state index contributed by atoms with van der Waals surface area (Å²) in [7, 11) is 0. The molecule has 0 radical (unpaired) electrons. The summed E-state index contributed by atoms with van der Waals surface area (Å²) in [5.41, 5.74) is 10.9. The van der Waals surface area contributed by atoms with Crippen molar-refractivity contribution in [3.05, 3.63) is 82.9 Å². The van der Waals surface area contributed by atoms with Crippen LogP contribution in [0.3, 0.4) is 0 Å². The van der Waals surface area contributed by atoms with Crippen LogP contribution in [0.15, 0.2) is 77.8 Å². The predicted octanol–water partition coefficient (Wildman–Crippen LogP) is 2.63. The van der Waals surface area contributed by atoms with E-state index in [1.54, 1.807) is 12.1 Å². The van der Waals surface area contributed by atoms with E-state index in [2.05, 4.69) is 76.0 Å². The molecule has 15 heteroatoms. The molecular formula is C37H53N9O5S. The van der Waals surface area contributed by atoms with E-state index in [1.807, 2.05) is 24.3 Å². The molecule has 3 aliphatic heterocycles. The molecule has 0 bridgehead atoms. The van der Waals surface area contributed by atoms with Gasteiger partial charge in [0, 0.05) is 133 Å². The number of nitrogens with zero attached hydrogens (tertiary/aromatic N) is 8. The number of hydrogen-bond acceptors (Lipinski definition) is 14. The highest BCUT2D eigenvalue weighted by Gasteiger charge is 2.19. The Kier molecular flexibility index (Phi) is 17.2. The molecule has 14 nitrogen and oxygen atoms in total. The van der Waals surface area contributed by atoms with Crippen molar-refractivity contribution < 1.29 is 20.2 Å². The number of aliphatic hydroxyl groups is 3. The van der Waals surface area contributed by atoms with Crippen molar-refractivity contribution in [2.75, 3.05) is 138 Å². The molecule has 0 aliphatic carbocycles. The van der Waals surface area contributed by atoms with Crippen molar-refractivity contribution in [3.8, 4) is 0 Å². The molecule has 3 saturated heterocycles. The number of aliphatic hydroxyl groups excluding tert-OH is 3. The molecule has 0 unspecified atom stereocenters. The van der Waals surface area contributed by atoms with Gasteiger partial charge in [0.2, 0.25) is 0 Å². The van der Waals surface area contributed by atoms with Crippen molar-refractivity contribution in [2.45, 2.75) is 0 Å². The lowest BCUT2D eigenvalue weighted by atomic mass is 10.2. The van der Waals surface area contributed by atoms with E-state index < -0.39 is 0 Å². The molecule has 3 aromatic rings. The highest BCUT2D eigenvalue weighted by atomic mass is 32.1. The van der Waals surface area contributed by atoms with Crippen molar-refractivity contribution in [2.24, 2.45) is 4.99 Å². The van der Waals surface area contributed by atoms with Gasteiger partial charge in [-0.15, -0.1) is 0 Å². The summed E-state index contributed by atoms with van der Waals surface area (Å²) < 4.78 is 0. The van der Waals surface area contributed by atoms with Crippen molar-refractivity contribution in [1.82, 2.24) is 14.7 Å². The number of nitrogen functional groups attached to an aromatic ring is 1. The van der Waals surface area contributed by atoms with E-state index in [-0.39, 0.29) is 30.4 Å². The zero-order chi connectivity index (χ0) is 37.1. The number of isothiocyanates is 1. The van der Waals surface area contributed by atoms with E-state index in [0.717, 1.165) is 109 Å². The van der Waals surface area contributed by atoms with Gasteiger partial charge in [-0.1, -0.05) is 0 Å². The van der Waals surface area contributed by atoms with Gasteiger partial charge in [0.25, 0.3) is 5.69 Å². The zero-order valence-corrected chi connectivity index (χ0v) is 30.7. The monoisotopic (exact) mass is 735 g/mol. The molecule has 6 rings (SSSR count). The molecule has 0 amide bonds. The number of rotatable bonds is 11. The second kappa shape index (κ2) is 22.0. The van der Waals surface area contributed by atoms with E-state index in [9.17, 15) is 10.1 Å². The average molecular weight is 736 g/mol. The topological polar surface area (TPSA) is 162 Å². The third-order valence-corrected chi connectivity index (χ3v) is 9.53. The number of aliphatic imine (C=N–C) groups is 1. The fourth-order valence-corrected chi connectivity index (χ4v) is 6.48. The maximum atomic E-state index is 10.6. The smallest absolute Gasteiger partial charge is 0.269 e. The van der Waals surface area contributed by atoms with Crippen LogP contribution in [0.1, 0.15) is 0 Å². The maximum Gasteiger partial charge on any atom is 0.269 e. The quantitative estimate of drug-likeness (QED) is 0.0749. The Labute approximate surface area is 312 Å². The molecule has 0 saturated carbocycles. The first-order chi connectivity index (χ1) is 25.3. The Morgan fingerprint density at radius 1 is 0.596 bits per heavy atom. The van der Waals surface area contributed by atoms with Gasteiger partial charge < -0.3 is 35.8 Å². The van der Waals surface area contributed by atoms with Crippen LogP contribution in [-0.4, -0.2) is 158 Å². The first-order valence-electron chi connectivity index (χ1n) is 17.9. The number of thiocarbonyl (C=S) groups is 1. The number of benzene rings is 3. The summed E-state index contributed by atoms with van der Waals surface area (Å²) >= 11 is 4.58. The predicted molar refractivity (Wildman–Crippen MR) is 212 cm³/mol. The summed E-state index contributed by atoms with van der Waals surface area (Å²) in [6, 6.07) is 22.7. The van der Waals surface area contributed by atoms with Gasteiger partial charge in [-0.3, -0.25) is 24.8 Å². The van der Waals surface area contributed by atoms with Gasteiger partial charge in [-0.25, -0.2) is 0 Å². The number of nitro groups is 1. The fraction of sp³-hybridized carbons (Fsp3) is 0.486. The normalized spacial score (nSPS) is 16.9. The minimum Gasteiger partial charge on any atom is -0.399 e. The number of nitro benzene ring substituents is 1. The Balaban J connectivity index is 0.000000175. The zero-order valence-electron chi connectivity index (χ0n) is 29.9. The van der Waals surface area contributed by atoms with Crippen LogP contribution in [0, 0.1) is 10.1 Å². The summed E-state index contributed by atoms with van der Waals surface area (Å²) in [6.07, 6.45) is 0. The second-order valence-electron chi connectivity index (χ2n) is 12.7. The van der Waals surface area contributed by atoms with Crippen LogP contribution in [0.2, 0.25) is 0 Å². The molecule has 0 spiro atoms. The third kappa shape index (κ3) is 13.1. The number of nitrogens with two attached hydrogens (primary N) is 1. The highest BCUT2D eigenvalue weighted by Crippen LogP contribution is 2.22. The SMILES string of the molecule is Nc1ccc(N2CCN(CCO)CC2)cc1.O=[N+]([O-])c1ccc(N2CCN(CCO)CC2)cc1.OCCN1CCN(c2ccc(N=C=S)cc2)CC1. The van der Waals surface area contributed by atoms with Gasteiger partial charge >= 0.3 is 0 Å². The van der Waals surface area contributed by atoms with Crippen LogP contribution >= 0.6 is 12.2 Å². The molecule has 3 fully saturated rings. The van der Waals surface area contributed by atoms with E-state index in [4.69, 9.17) is 21.1 Å². The minimum atomic E-state index is -0.386. The number of β-amino-alcohol motifs (C(OH)–C–C–N with tert-alkyl or cyclic N) is 3. The summed E-state index contributed by atoms with van der Waals surface area (Å²) in [6.45, 7) is 14.6. The van der Waals surface area contributed by atoms with Crippen molar-refractivity contribution in [3.63, 3.8) is 0 Å². The Morgan fingerprint density at radius 2 is 0.923 bits per heavy atom. The summed E-state index contributed by atoms with van der Waals surface area (Å²) in [4.78, 5) is 27.8. The molecule has 0 atom stereocenters. The number of non-ortho nitro benzene ring substituents is 1. The van der Waals surface area contributed by atoms with Gasteiger partial charge in [0.1, 0.15) is 0 Å². The van der Waals surface area contributed by atoms with Crippen LogP contribution in [0.5, 0.6) is 0 Å². The van der Waals surface area contributed by atoms with Crippen LogP contribution < -0.4 is 20.4 Å². The average Bonchev–Trinajstić information content (AvgIpc) is 3.18. The van der Waals surface area contributed by atoms with E-state index >= 15 is 0 Å². The molecule has 3 aliphatic rings. The second-order valence-corrected chi connectivity index (χ2v) is 12.9. The molecule has 3 heterocycles. The maximum absolute atomic E-state index is 10.6. The number of hydrogen-bond donors (Lipinski definition) is 4. The molecule has 52 heavy (non-hydrogen) atoms. The van der Waals surface area contributed by atoms with Gasteiger partial charge in [-0.2, -0.15) is 4.99 Å². The standard InChI is InChI=1S/C13H17N3OS.C12H17N3O3.C12H19N3O/c17-10-9-15-5-7-16(8-6-15)13-3-1-12(2-4-13)14-11-18;16-10-9-13-5-7-14(8-6-13)11-1-3-12(4-2-11)15(17)18;13-11-1-3-12(4-2-11)15-7-5-14(6-8-15)9-10-16/h1-4,17H,5-10H2;1-4,16H,5-10H2;1-4,16H,5-10,13H2. The van der Waals surface area contributed by atoms with E-state index in [1.165, 1.54) is 23.5 Å². The van der Waals surface area contributed by atoms with Crippen molar-refractivity contribution in [1.29, 1.82) is 0 Å². The molecule has 3 aromatic carbocycles. The molecule has 282 valence electrons. The van der Waals surface area contributed by atoms with Gasteiger partial charge in [0.15, 0.2) is 0 Å². The Morgan fingerprint density at radius 3 is 1.23 bits per heavy atom. The third-order valence-electron chi connectivity index (χ3n) is 9.44. The minimum absolute atomic E-state index is 0.123. The summed E-state index contributed by atoms with van der Waals surface area (Å²) in [5.74, 6) is 0. The molecular weight excluding hydrogens is 683 g/mol. The van der Waals surface area contributed by atoms with Crippen LogP contribution in [0.4, 0.5) is 34.1 Å². The molecule has 5 N–H and O–H groups in total. The Hall–Kier alpha value is -4.18. The fourth-order valence-electron chi connectivity index (χ4n) is 6.37. The highest BCUT2D eigenvalue weighted by molar-refractivity contribution is 7.78. The number of piperazine rings is 3. The largest absolute Gasteiger partial charge is 0.399 e. The van der Waals surface area contributed by atoms with Gasteiger partial charge in [-0.05, 0) is 72.9 Å². The number of anilines is 4. The first kappa shape index (κ1) is 40.6. The molecule has 0 aromatic heterocycles. The van der Waals surface area contributed by atoms with E-state index in [0.29, 0.717) is 6.54 Å². The van der Waals surface area contributed by atoms with Crippen LogP contribution in [-0.2, 0) is 0 Å². The Bertz CT molecular complexity index is 1440. The van der Waals surface area contributed by atoms with Crippen molar-refractivity contribution >= 4 is 51.5 Å². The lowest BCUT2D eigenvalue weighted by Gasteiger charge is -2.35. The van der Waals surface area contributed by atoms with Gasteiger partial charge in [0.05, 0.1) is 35.6 Å². The lowest BCUT2D eigenvalue weighted by molar-refractivity contribution is -0.384. The van der Waals surface area contributed by atoms with Crippen LogP contribution in [0.25, 0.3) is 0 Å². The lowest BCUT2D eigenvalue weighted by Crippen LogP contribution is -2.47.